The lowest BCUT2D eigenvalue weighted by Crippen LogP contribution is -2.41. The van der Waals surface area contributed by atoms with Gasteiger partial charge in [-0.3, -0.25) is 9.59 Å². The Morgan fingerprint density at radius 1 is 1.31 bits per heavy atom. The van der Waals surface area contributed by atoms with Crippen molar-refractivity contribution in [1.29, 1.82) is 0 Å². The summed E-state index contributed by atoms with van der Waals surface area (Å²) in [6.07, 6.45) is 6.20. The standard InChI is InChI=1S/C23H32FNO2.C3H8.C2H6.CH2O2.H2/c1-5-6-9-18-13-14-25(23(26)17(2)3)21(18)16-20-11-7-10-19(22(20)24)12-8-15-27-4;1-3-2;1-2;2-1-3;/h7,10-11,17-18,21H,5-6,9,13-16H2,1-4H3;3H2,1-2H3;1-2H3;1H,(H,2,3);1H. The summed E-state index contributed by atoms with van der Waals surface area (Å²) >= 11 is 0. The van der Waals surface area contributed by atoms with Crippen LogP contribution in [0.2, 0.25) is 0 Å². The number of hydrogen-bond donors (Lipinski definition) is 1. The van der Waals surface area contributed by atoms with Crippen LogP contribution in [0.25, 0.3) is 0 Å². The maximum absolute atomic E-state index is 15.0. The van der Waals surface area contributed by atoms with Crippen LogP contribution in [0.5, 0.6) is 0 Å². The van der Waals surface area contributed by atoms with Crippen molar-refractivity contribution >= 4 is 12.4 Å². The molecule has 0 radical (unpaired) electrons. The van der Waals surface area contributed by atoms with Gasteiger partial charge in [0.05, 0.1) is 5.56 Å². The summed E-state index contributed by atoms with van der Waals surface area (Å²) in [5.41, 5.74) is 1.04. The first-order valence-electron chi connectivity index (χ1n) is 13.0. The molecule has 5 nitrogen and oxygen atoms in total. The summed E-state index contributed by atoms with van der Waals surface area (Å²) < 4.78 is 19.9. The van der Waals surface area contributed by atoms with Gasteiger partial charge in [0.1, 0.15) is 12.4 Å². The van der Waals surface area contributed by atoms with Crippen molar-refractivity contribution in [2.24, 2.45) is 11.8 Å². The number of unbranched alkanes of at least 4 members (excludes halogenated alkanes) is 1. The van der Waals surface area contributed by atoms with Gasteiger partial charge >= 0.3 is 0 Å². The first kappa shape index (κ1) is 34.8. The zero-order valence-electron chi connectivity index (χ0n) is 23.2. The molecule has 0 aromatic heterocycles. The second-order valence-electron chi connectivity index (χ2n) is 8.47. The Balaban J connectivity index is -0.00000108. The van der Waals surface area contributed by atoms with Crippen molar-refractivity contribution in [2.75, 3.05) is 20.3 Å². The molecule has 2 unspecified atom stereocenters. The first-order chi connectivity index (χ1) is 16.8. The zero-order chi connectivity index (χ0) is 27.2. The molecule has 1 saturated heterocycles. The molecule has 2 rings (SSSR count). The van der Waals surface area contributed by atoms with E-state index >= 15 is 0 Å². The molecule has 1 aromatic rings. The van der Waals surface area contributed by atoms with Crippen LogP contribution < -0.4 is 0 Å². The molecule has 2 atom stereocenters. The van der Waals surface area contributed by atoms with Crippen LogP contribution in [0.4, 0.5) is 4.39 Å². The second kappa shape index (κ2) is 22.1. The van der Waals surface area contributed by atoms with Crippen LogP contribution in [-0.2, 0) is 20.7 Å². The Morgan fingerprint density at radius 3 is 2.43 bits per heavy atom. The van der Waals surface area contributed by atoms with Gasteiger partial charge in [-0.25, -0.2) is 4.39 Å². The molecule has 0 saturated carbocycles. The summed E-state index contributed by atoms with van der Waals surface area (Å²) in [5, 5.41) is 6.89. The third-order valence-electron chi connectivity index (χ3n) is 5.34. The molecule has 1 amide bonds. The van der Waals surface area contributed by atoms with Gasteiger partial charge in [-0.15, -0.1) is 0 Å². The monoisotopic (exact) mass is 495 g/mol. The lowest BCUT2D eigenvalue weighted by molar-refractivity contribution is -0.135. The van der Waals surface area contributed by atoms with Gasteiger partial charge in [0.25, 0.3) is 6.47 Å². The first-order valence-corrected chi connectivity index (χ1v) is 13.0. The topological polar surface area (TPSA) is 66.8 Å². The minimum atomic E-state index is -0.265. The number of hydrogen-bond acceptors (Lipinski definition) is 3. The third kappa shape index (κ3) is 13.3. The maximum atomic E-state index is 15.0. The zero-order valence-corrected chi connectivity index (χ0v) is 23.2. The smallest absolute Gasteiger partial charge is 0.290 e. The van der Waals surface area contributed by atoms with Gasteiger partial charge < -0.3 is 14.7 Å². The van der Waals surface area contributed by atoms with E-state index in [0.717, 1.165) is 32.2 Å². The number of likely N-dealkylation sites (tertiary alicyclic amines) is 1. The molecule has 35 heavy (non-hydrogen) atoms. The summed E-state index contributed by atoms with van der Waals surface area (Å²) in [5.74, 6) is 5.98. The average Bonchev–Trinajstić information content (AvgIpc) is 3.24. The Bertz CT molecular complexity index is 761. The molecule has 1 fully saturated rings. The summed E-state index contributed by atoms with van der Waals surface area (Å²) in [6.45, 7) is 15.1. The minimum absolute atomic E-state index is 0. The molecule has 0 spiro atoms. The molecule has 0 bridgehead atoms. The molecule has 1 aliphatic rings. The number of nitrogens with zero attached hydrogens (tertiary/aromatic N) is 1. The molecular formula is C29H50FNO4. The fraction of sp³-hybridized carbons (Fsp3) is 0.655. The van der Waals surface area contributed by atoms with Crippen LogP contribution in [0.15, 0.2) is 18.2 Å². The van der Waals surface area contributed by atoms with Gasteiger partial charge in [-0.1, -0.05) is 91.7 Å². The van der Waals surface area contributed by atoms with Crippen LogP contribution >= 0.6 is 0 Å². The van der Waals surface area contributed by atoms with E-state index in [4.69, 9.17) is 14.6 Å². The highest BCUT2D eigenvalue weighted by Crippen LogP contribution is 2.33. The van der Waals surface area contributed by atoms with Crippen molar-refractivity contribution in [3.63, 3.8) is 0 Å². The molecule has 1 heterocycles. The number of ether oxygens (including phenoxy) is 1. The van der Waals surface area contributed by atoms with Crippen LogP contribution in [0.1, 0.15) is 93.1 Å². The molecule has 0 aliphatic carbocycles. The van der Waals surface area contributed by atoms with Crippen LogP contribution in [-0.4, -0.2) is 48.7 Å². The predicted octanol–water partition coefficient (Wildman–Crippen LogP) is 6.82. The van der Waals surface area contributed by atoms with Crippen molar-refractivity contribution in [3.05, 3.63) is 35.1 Å². The second-order valence-corrected chi connectivity index (χ2v) is 8.47. The van der Waals surface area contributed by atoms with Crippen molar-refractivity contribution in [3.8, 4) is 11.8 Å². The van der Waals surface area contributed by atoms with Gasteiger partial charge in [-0.2, -0.15) is 0 Å². The van der Waals surface area contributed by atoms with Crippen LogP contribution in [0.3, 0.4) is 0 Å². The SMILES string of the molecule is CC.CCC.CCCCC1CCN(C(=O)C(C)C)C1Cc1cccc(C#CCOC)c1F.O=CO.[HH]. The molecule has 1 N–H and O–H groups in total. The fourth-order valence-electron chi connectivity index (χ4n) is 3.87. The highest BCUT2D eigenvalue weighted by Gasteiger charge is 2.37. The summed E-state index contributed by atoms with van der Waals surface area (Å²) in [6, 6.07) is 5.44. The van der Waals surface area contributed by atoms with Crippen LogP contribution in [0, 0.1) is 29.5 Å². The minimum Gasteiger partial charge on any atom is -0.483 e. The Labute approximate surface area is 214 Å². The number of halogens is 1. The molecule has 1 aromatic carbocycles. The summed E-state index contributed by atoms with van der Waals surface area (Å²) in [4.78, 5) is 23.0. The van der Waals surface area contributed by atoms with E-state index in [1.165, 1.54) is 6.42 Å². The number of carboxylic acid groups (broad SMARTS) is 1. The van der Waals surface area contributed by atoms with Gasteiger partial charge in [0.2, 0.25) is 5.91 Å². The Hall–Kier alpha value is -2.39. The largest absolute Gasteiger partial charge is 0.483 e. The number of carbonyl (C=O) groups excluding carboxylic acids is 1. The van der Waals surface area contributed by atoms with E-state index < -0.39 is 0 Å². The number of carbonyl (C=O) groups is 2. The summed E-state index contributed by atoms with van der Waals surface area (Å²) in [7, 11) is 1.57. The van der Waals surface area contributed by atoms with E-state index in [0.29, 0.717) is 23.5 Å². The number of methoxy groups -OCH3 is 1. The van der Waals surface area contributed by atoms with E-state index in [2.05, 4.69) is 32.6 Å². The van der Waals surface area contributed by atoms with Crippen molar-refractivity contribution in [1.82, 2.24) is 4.90 Å². The quantitative estimate of drug-likeness (QED) is 0.333. The van der Waals surface area contributed by atoms with E-state index in [-0.39, 0.29) is 38.2 Å². The van der Waals surface area contributed by atoms with Gasteiger partial charge in [0.15, 0.2) is 0 Å². The number of benzene rings is 1. The molecule has 202 valence electrons. The molecule has 6 heteroatoms. The number of rotatable bonds is 7. The highest BCUT2D eigenvalue weighted by atomic mass is 19.1. The molecular weight excluding hydrogens is 445 g/mol. The fourth-order valence-corrected chi connectivity index (χ4v) is 3.87. The van der Waals surface area contributed by atoms with E-state index in [1.54, 1.807) is 13.2 Å². The molecule has 1 aliphatic heterocycles. The Kier molecular flexibility index (Phi) is 22.0. The lowest BCUT2D eigenvalue weighted by atomic mass is 9.89. The predicted molar refractivity (Wildman–Crippen MR) is 145 cm³/mol. The van der Waals surface area contributed by atoms with Crippen molar-refractivity contribution in [2.45, 2.75) is 93.0 Å². The van der Waals surface area contributed by atoms with E-state index in [9.17, 15) is 9.18 Å². The van der Waals surface area contributed by atoms with Gasteiger partial charge in [0, 0.05) is 27.0 Å². The average molecular weight is 496 g/mol. The highest BCUT2D eigenvalue weighted by molar-refractivity contribution is 5.78. The number of amides is 1. The third-order valence-corrected chi connectivity index (χ3v) is 5.34. The lowest BCUT2D eigenvalue weighted by Gasteiger charge is -2.30. The van der Waals surface area contributed by atoms with E-state index in [1.807, 2.05) is 44.7 Å². The van der Waals surface area contributed by atoms with Crippen molar-refractivity contribution < 1.29 is 25.2 Å². The van der Waals surface area contributed by atoms with Gasteiger partial charge in [-0.05, 0) is 36.8 Å². The normalized spacial score (nSPS) is 15.9. The Morgan fingerprint density at radius 2 is 1.91 bits per heavy atom. The maximum Gasteiger partial charge on any atom is 0.290 e.